The number of aromatic nitrogens is 3. The lowest BCUT2D eigenvalue weighted by molar-refractivity contribution is 0.0302. The summed E-state index contributed by atoms with van der Waals surface area (Å²) < 4.78 is 6.53. The summed E-state index contributed by atoms with van der Waals surface area (Å²) in [6.07, 6.45) is 1.48. The van der Waals surface area contributed by atoms with Crippen molar-refractivity contribution in [1.29, 1.82) is 0 Å². The molecule has 3 heterocycles. The lowest BCUT2D eigenvalue weighted by Crippen LogP contribution is -2.40. The predicted molar refractivity (Wildman–Crippen MR) is 159 cm³/mol. The quantitative estimate of drug-likeness (QED) is 0.308. The lowest BCUT2D eigenvalue weighted by Gasteiger charge is -2.26. The third-order valence-corrected chi connectivity index (χ3v) is 6.90. The van der Waals surface area contributed by atoms with Gasteiger partial charge < -0.3 is 25.4 Å². The van der Waals surface area contributed by atoms with Gasteiger partial charge in [0.15, 0.2) is 0 Å². The van der Waals surface area contributed by atoms with Crippen LogP contribution in [0.2, 0.25) is 0 Å². The van der Waals surface area contributed by atoms with Crippen LogP contribution in [0.3, 0.4) is 0 Å². The van der Waals surface area contributed by atoms with Crippen molar-refractivity contribution in [3.05, 3.63) is 100.0 Å². The molecule has 4 aromatic rings. The number of hydrogen-bond donors (Lipinski definition) is 3. The third-order valence-electron chi connectivity index (χ3n) is 6.90. The second-order valence-corrected chi connectivity index (χ2v) is 10.5. The van der Waals surface area contributed by atoms with Gasteiger partial charge in [-0.15, -0.1) is 0 Å². The van der Waals surface area contributed by atoms with Gasteiger partial charge in [0, 0.05) is 43.1 Å². The van der Waals surface area contributed by atoms with Crippen molar-refractivity contribution < 1.29 is 19.4 Å². The van der Waals surface area contributed by atoms with Crippen LogP contribution >= 0.6 is 0 Å². The highest BCUT2D eigenvalue weighted by atomic mass is 16.5. The van der Waals surface area contributed by atoms with Crippen molar-refractivity contribution in [2.45, 2.75) is 19.4 Å². The van der Waals surface area contributed by atoms with Crippen LogP contribution in [0.1, 0.15) is 40.1 Å². The summed E-state index contributed by atoms with van der Waals surface area (Å²) in [5.74, 6) is -0.0104. The van der Waals surface area contributed by atoms with Crippen molar-refractivity contribution in [1.82, 2.24) is 19.7 Å². The Morgan fingerprint density at radius 2 is 1.69 bits per heavy atom. The van der Waals surface area contributed by atoms with E-state index in [9.17, 15) is 19.5 Å². The van der Waals surface area contributed by atoms with E-state index in [1.54, 1.807) is 86.5 Å². The topological polar surface area (TPSA) is 139 Å². The van der Waals surface area contributed by atoms with E-state index in [1.165, 1.54) is 10.9 Å². The van der Waals surface area contributed by atoms with Gasteiger partial charge in [-0.2, -0.15) is 5.10 Å². The Bertz CT molecular complexity index is 1650. The van der Waals surface area contributed by atoms with E-state index >= 15 is 0 Å². The van der Waals surface area contributed by atoms with Crippen LogP contribution in [0, 0.1) is 0 Å². The summed E-state index contributed by atoms with van der Waals surface area (Å²) in [6, 6.07) is 18.9. The summed E-state index contributed by atoms with van der Waals surface area (Å²) in [5.41, 5.74) is 2.25. The van der Waals surface area contributed by atoms with Crippen LogP contribution in [-0.2, 0) is 17.4 Å². The lowest BCUT2D eigenvalue weighted by atomic mass is 9.97. The van der Waals surface area contributed by atoms with Crippen LogP contribution < -0.4 is 16.2 Å². The SMILES string of the molecule is Cn1nc(-c2cccc(NC(=O)c3ccc(C(C)(C)O)cc3)c2)cc(Nc2ccc(C(=O)N3CCOCC3)cn2)c1=O. The molecule has 216 valence electrons. The molecule has 0 bridgehead atoms. The highest BCUT2D eigenvalue weighted by molar-refractivity contribution is 6.04. The molecule has 5 rings (SSSR count). The van der Waals surface area contributed by atoms with Gasteiger partial charge in [0.05, 0.1) is 30.1 Å². The van der Waals surface area contributed by atoms with E-state index in [0.717, 1.165) is 0 Å². The number of benzene rings is 2. The Morgan fingerprint density at radius 1 is 0.976 bits per heavy atom. The number of ether oxygens (including phenoxy) is 1. The number of carbonyl (C=O) groups is 2. The number of amides is 2. The maximum absolute atomic E-state index is 12.9. The number of hydrogen-bond acceptors (Lipinski definition) is 8. The highest BCUT2D eigenvalue weighted by Crippen LogP contribution is 2.24. The van der Waals surface area contributed by atoms with Crippen LogP contribution in [0.15, 0.2) is 77.7 Å². The molecular weight excluding hydrogens is 536 g/mol. The van der Waals surface area contributed by atoms with Crippen molar-refractivity contribution >= 4 is 29.0 Å². The Kier molecular flexibility index (Phi) is 8.14. The predicted octanol–water partition coefficient (Wildman–Crippen LogP) is 3.54. The molecule has 0 radical (unpaired) electrons. The normalized spacial score (nSPS) is 13.5. The number of morpholine rings is 1. The van der Waals surface area contributed by atoms with E-state index in [4.69, 9.17) is 4.74 Å². The fourth-order valence-corrected chi connectivity index (χ4v) is 4.51. The number of nitrogens with one attached hydrogen (secondary N) is 2. The fraction of sp³-hybridized carbons (Fsp3) is 0.258. The zero-order chi connectivity index (χ0) is 29.9. The Balaban J connectivity index is 1.32. The van der Waals surface area contributed by atoms with Crippen molar-refractivity contribution in [3.8, 4) is 11.3 Å². The van der Waals surface area contributed by atoms with Crippen LogP contribution in [-0.4, -0.2) is 62.9 Å². The number of nitrogens with zero attached hydrogens (tertiary/aromatic N) is 4. The number of anilines is 3. The molecule has 1 saturated heterocycles. The summed E-state index contributed by atoms with van der Waals surface area (Å²) in [5, 5.41) is 20.5. The van der Waals surface area contributed by atoms with Gasteiger partial charge in [-0.3, -0.25) is 14.4 Å². The zero-order valence-electron chi connectivity index (χ0n) is 23.6. The van der Waals surface area contributed by atoms with E-state index in [-0.39, 0.29) is 23.1 Å². The second-order valence-electron chi connectivity index (χ2n) is 10.5. The largest absolute Gasteiger partial charge is 0.386 e. The molecule has 0 spiro atoms. The Morgan fingerprint density at radius 3 is 2.36 bits per heavy atom. The monoisotopic (exact) mass is 568 g/mol. The van der Waals surface area contributed by atoms with Gasteiger partial charge in [-0.05, 0) is 61.9 Å². The molecule has 1 fully saturated rings. The van der Waals surface area contributed by atoms with Gasteiger partial charge in [0.2, 0.25) is 0 Å². The first-order valence-electron chi connectivity index (χ1n) is 13.5. The van der Waals surface area contributed by atoms with E-state index < -0.39 is 5.60 Å². The van der Waals surface area contributed by atoms with E-state index in [0.29, 0.717) is 65.8 Å². The average Bonchev–Trinajstić information content (AvgIpc) is 2.99. The molecule has 0 unspecified atom stereocenters. The molecular formula is C31H32N6O5. The minimum absolute atomic E-state index is 0.113. The van der Waals surface area contributed by atoms with E-state index in [2.05, 4.69) is 20.7 Å². The van der Waals surface area contributed by atoms with Crippen LogP contribution in [0.25, 0.3) is 11.3 Å². The first-order valence-corrected chi connectivity index (χ1v) is 13.5. The van der Waals surface area contributed by atoms with Crippen molar-refractivity contribution in [2.75, 3.05) is 36.9 Å². The zero-order valence-corrected chi connectivity index (χ0v) is 23.6. The van der Waals surface area contributed by atoms with Gasteiger partial charge in [-0.1, -0.05) is 24.3 Å². The maximum atomic E-state index is 12.9. The highest BCUT2D eigenvalue weighted by Gasteiger charge is 2.19. The minimum atomic E-state index is -0.999. The Labute approximate surface area is 242 Å². The van der Waals surface area contributed by atoms with Crippen LogP contribution in [0.5, 0.6) is 0 Å². The second kappa shape index (κ2) is 11.9. The maximum Gasteiger partial charge on any atom is 0.290 e. The Hall–Kier alpha value is -4.87. The molecule has 0 aliphatic carbocycles. The van der Waals surface area contributed by atoms with Crippen LogP contribution in [0.4, 0.5) is 17.2 Å². The summed E-state index contributed by atoms with van der Waals surface area (Å²) in [6.45, 7) is 5.47. The molecule has 0 saturated carbocycles. The molecule has 1 aliphatic heterocycles. The molecule has 2 aromatic heterocycles. The first-order chi connectivity index (χ1) is 20.1. The molecule has 2 amide bonds. The molecule has 1 aliphatic rings. The summed E-state index contributed by atoms with van der Waals surface area (Å²) >= 11 is 0. The smallest absolute Gasteiger partial charge is 0.290 e. The number of pyridine rings is 1. The number of rotatable bonds is 7. The van der Waals surface area contributed by atoms with Crippen molar-refractivity contribution in [2.24, 2.45) is 7.05 Å². The third kappa shape index (κ3) is 6.54. The molecule has 11 nitrogen and oxygen atoms in total. The van der Waals surface area contributed by atoms with Gasteiger partial charge in [0.25, 0.3) is 17.4 Å². The van der Waals surface area contributed by atoms with Gasteiger partial charge >= 0.3 is 0 Å². The standard InChI is InChI=1S/C31H32N6O5/c1-31(2,41)23-10-7-20(8-11-23)28(38)33-24-6-4-5-21(17-24)25-18-26(30(40)36(3)35-25)34-27-12-9-22(19-32-27)29(39)37-13-15-42-16-14-37/h4-12,17-19,41H,13-16H2,1-3H3,(H,32,34)(H,33,38). The average molecular weight is 569 g/mol. The number of aryl methyl sites for hydroxylation is 1. The molecule has 3 N–H and O–H groups in total. The van der Waals surface area contributed by atoms with Crippen molar-refractivity contribution in [3.63, 3.8) is 0 Å². The summed E-state index contributed by atoms with van der Waals surface area (Å²) in [7, 11) is 1.55. The number of carbonyl (C=O) groups excluding carboxylic acids is 2. The molecule has 2 aromatic carbocycles. The summed E-state index contributed by atoms with van der Waals surface area (Å²) in [4.78, 5) is 44.5. The first kappa shape index (κ1) is 28.7. The minimum Gasteiger partial charge on any atom is -0.386 e. The molecule has 0 atom stereocenters. The van der Waals surface area contributed by atoms with Gasteiger partial charge in [-0.25, -0.2) is 9.67 Å². The number of aliphatic hydroxyl groups is 1. The van der Waals surface area contributed by atoms with Gasteiger partial charge in [0.1, 0.15) is 11.5 Å². The molecule has 11 heteroatoms. The van der Waals surface area contributed by atoms with E-state index in [1.807, 2.05) is 6.07 Å². The fourth-order valence-electron chi connectivity index (χ4n) is 4.51. The molecule has 42 heavy (non-hydrogen) atoms.